The minimum absolute atomic E-state index is 0.0830. The fraction of sp³-hybridized carbons (Fsp3) is 0.355. The molecule has 0 spiro atoms. The molecule has 0 fully saturated rings. The molecule has 2 amide bonds. The minimum atomic E-state index is -3.53. The number of rotatable bonds is 13. The predicted molar refractivity (Wildman–Crippen MR) is 157 cm³/mol. The molecule has 0 unspecified atom stereocenters. The summed E-state index contributed by atoms with van der Waals surface area (Å²) in [6, 6.07) is 25.6. The molecule has 1 N–H and O–H groups in total. The highest BCUT2D eigenvalue weighted by Crippen LogP contribution is 2.21. The maximum Gasteiger partial charge on any atom is 0.243 e. The van der Waals surface area contributed by atoms with Gasteiger partial charge < -0.3 is 10.2 Å². The summed E-state index contributed by atoms with van der Waals surface area (Å²) >= 11 is 0. The average Bonchev–Trinajstić information content (AvgIpc) is 2.89. The summed E-state index contributed by atoms with van der Waals surface area (Å²) in [5.41, 5.74) is 3.51. The Morgan fingerprint density at radius 1 is 0.872 bits per heavy atom. The predicted octanol–water partition coefficient (Wildman–Crippen LogP) is 4.71. The molecule has 0 heterocycles. The third-order valence-electron chi connectivity index (χ3n) is 6.50. The van der Waals surface area contributed by atoms with Gasteiger partial charge in [-0.2, -0.15) is 0 Å². The highest BCUT2D eigenvalue weighted by molar-refractivity contribution is 7.92. The van der Waals surface area contributed by atoms with E-state index in [0.717, 1.165) is 16.7 Å². The third kappa shape index (κ3) is 8.96. The van der Waals surface area contributed by atoms with E-state index in [4.69, 9.17) is 0 Å². The van der Waals surface area contributed by atoms with Crippen LogP contribution in [0.25, 0.3) is 0 Å². The van der Waals surface area contributed by atoms with Crippen molar-refractivity contribution in [1.29, 1.82) is 0 Å². The fourth-order valence-electron chi connectivity index (χ4n) is 4.50. The van der Waals surface area contributed by atoms with E-state index in [1.165, 1.54) is 10.6 Å². The zero-order valence-electron chi connectivity index (χ0n) is 23.2. The zero-order chi connectivity index (χ0) is 28.4. The molecule has 1 atom stereocenters. The number of para-hydroxylation sites is 1. The molecule has 0 saturated carbocycles. The van der Waals surface area contributed by atoms with Crippen LogP contribution in [-0.4, -0.2) is 50.0 Å². The molecule has 0 radical (unpaired) electrons. The van der Waals surface area contributed by atoms with Crippen molar-refractivity contribution < 1.29 is 18.0 Å². The normalized spacial score (nSPS) is 12.1. The van der Waals surface area contributed by atoms with Crippen molar-refractivity contribution in [3.8, 4) is 0 Å². The van der Waals surface area contributed by atoms with Crippen LogP contribution >= 0.6 is 0 Å². The number of aryl methyl sites for hydroxylation is 1. The summed E-state index contributed by atoms with van der Waals surface area (Å²) < 4.78 is 26.3. The molecule has 0 saturated heterocycles. The van der Waals surface area contributed by atoms with Gasteiger partial charge in [-0.1, -0.05) is 72.8 Å². The number of carbonyl (C=O) groups is 2. The molecule has 3 rings (SSSR count). The van der Waals surface area contributed by atoms with E-state index < -0.39 is 16.1 Å². The third-order valence-corrected chi connectivity index (χ3v) is 7.69. The second-order valence-electron chi connectivity index (χ2n) is 10.1. The first kappa shape index (κ1) is 29.9. The number of hydrogen-bond acceptors (Lipinski definition) is 4. The van der Waals surface area contributed by atoms with Crippen LogP contribution in [0, 0.1) is 6.92 Å². The number of amides is 2. The summed E-state index contributed by atoms with van der Waals surface area (Å²) in [6.07, 6.45) is 1.95. The van der Waals surface area contributed by atoms with Gasteiger partial charge in [0.1, 0.15) is 6.04 Å². The number of carbonyl (C=O) groups excluding carboxylic acids is 2. The molecule has 0 aliphatic rings. The lowest BCUT2D eigenvalue weighted by molar-refractivity contribution is -0.141. The summed E-state index contributed by atoms with van der Waals surface area (Å²) in [6.45, 7) is 6.22. The van der Waals surface area contributed by atoms with Crippen LogP contribution in [0.15, 0.2) is 84.9 Å². The number of benzene rings is 3. The molecule has 0 bridgehead atoms. The second kappa shape index (κ2) is 13.9. The fourth-order valence-corrected chi connectivity index (χ4v) is 5.47. The largest absolute Gasteiger partial charge is 0.352 e. The van der Waals surface area contributed by atoms with E-state index in [9.17, 15) is 18.0 Å². The molecule has 7 nitrogen and oxygen atoms in total. The van der Waals surface area contributed by atoms with Crippen molar-refractivity contribution in [2.75, 3.05) is 17.1 Å². The quantitative estimate of drug-likeness (QED) is 0.335. The van der Waals surface area contributed by atoms with Crippen LogP contribution in [0.5, 0.6) is 0 Å². The second-order valence-corrected chi connectivity index (χ2v) is 12.0. The van der Waals surface area contributed by atoms with Crippen LogP contribution in [-0.2, 0) is 32.6 Å². The molecule has 0 aromatic heterocycles. The smallest absolute Gasteiger partial charge is 0.243 e. The lowest BCUT2D eigenvalue weighted by Crippen LogP contribution is -2.52. The molecular formula is C31H39N3O4S. The Bertz CT molecular complexity index is 1330. The van der Waals surface area contributed by atoms with Crippen molar-refractivity contribution in [3.05, 3.63) is 102 Å². The Morgan fingerprint density at radius 3 is 2.05 bits per heavy atom. The number of nitrogens with zero attached hydrogens (tertiary/aromatic N) is 2. The monoisotopic (exact) mass is 549 g/mol. The van der Waals surface area contributed by atoms with E-state index in [0.29, 0.717) is 18.5 Å². The maximum absolute atomic E-state index is 13.8. The molecular weight excluding hydrogens is 510 g/mol. The molecule has 3 aromatic rings. The van der Waals surface area contributed by atoms with Gasteiger partial charge >= 0.3 is 0 Å². The van der Waals surface area contributed by atoms with E-state index in [2.05, 4.69) is 5.32 Å². The van der Waals surface area contributed by atoms with Crippen LogP contribution in [0.3, 0.4) is 0 Å². The first-order chi connectivity index (χ1) is 18.6. The van der Waals surface area contributed by atoms with Crippen molar-refractivity contribution >= 4 is 27.5 Å². The number of hydrogen-bond donors (Lipinski definition) is 1. The van der Waals surface area contributed by atoms with Crippen LogP contribution in [0.4, 0.5) is 5.69 Å². The Kier molecular flexibility index (Phi) is 10.7. The van der Waals surface area contributed by atoms with Gasteiger partial charge in [-0.15, -0.1) is 0 Å². The first-order valence-corrected chi connectivity index (χ1v) is 15.1. The van der Waals surface area contributed by atoms with Gasteiger partial charge in [0, 0.05) is 32.0 Å². The van der Waals surface area contributed by atoms with Gasteiger partial charge in [-0.05, 0) is 56.0 Å². The van der Waals surface area contributed by atoms with Gasteiger partial charge in [-0.3, -0.25) is 13.9 Å². The Hall–Kier alpha value is -3.65. The van der Waals surface area contributed by atoms with E-state index in [-0.39, 0.29) is 37.4 Å². The highest BCUT2D eigenvalue weighted by atomic mass is 32.2. The number of sulfonamides is 1. The Labute approximate surface area is 232 Å². The van der Waals surface area contributed by atoms with Crippen LogP contribution < -0.4 is 9.62 Å². The van der Waals surface area contributed by atoms with E-state index >= 15 is 0 Å². The molecule has 0 aliphatic carbocycles. The maximum atomic E-state index is 13.8. The van der Waals surface area contributed by atoms with Crippen molar-refractivity contribution in [2.24, 2.45) is 0 Å². The summed E-state index contributed by atoms with van der Waals surface area (Å²) in [4.78, 5) is 29.0. The molecule has 3 aromatic carbocycles. The first-order valence-electron chi connectivity index (χ1n) is 13.3. The lowest BCUT2D eigenvalue weighted by Gasteiger charge is -2.33. The van der Waals surface area contributed by atoms with Crippen molar-refractivity contribution in [1.82, 2.24) is 10.2 Å². The van der Waals surface area contributed by atoms with Gasteiger partial charge in [-0.25, -0.2) is 8.42 Å². The van der Waals surface area contributed by atoms with Gasteiger partial charge in [0.05, 0.1) is 11.9 Å². The molecule has 208 valence electrons. The summed E-state index contributed by atoms with van der Waals surface area (Å²) in [7, 11) is -3.53. The Balaban J connectivity index is 1.88. The standard InChI is InChI=1S/C31H39N3O4S/c1-24(2)32-31(36)29(22-26-15-7-5-8-16-26)33(23-27-17-12-11-14-25(27)3)30(35)20-13-21-34(39(4,37)38)28-18-9-6-10-19-28/h5-12,14-19,24,29H,13,20-23H2,1-4H3,(H,32,36)/t29-/m0/s1. The van der Waals surface area contributed by atoms with E-state index in [1.807, 2.05) is 81.4 Å². The van der Waals surface area contributed by atoms with E-state index in [1.54, 1.807) is 29.2 Å². The molecule has 8 heteroatoms. The Morgan fingerprint density at radius 2 is 1.46 bits per heavy atom. The lowest BCUT2D eigenvalue weighted by atomic mass is 10.0. The molecule has 39 heavy (non-hydrogen) atoms. The topological polar surface area (TPSA) is 86.8 Å². The summed E-state index contributed by atoms with van der Waals surface area (Å²) in [5, 5.41) is 2.99. The van der Waals surface area contributed by atoms with Gasteiger partial charge in [0.25, 0.3) is 0 Å². The van der Waals surface area contributed by atoms with Gasteiger partial charge in [0.2, 0.25) is 21.8 Å². The highest BCUT2D eigenvalue weighted by Gasteiger charge is 2.31. The summed E-state index contributed by atoms with van der Waals surface area (Å²) in [5.74, 6) is -0.405. The van der Waals surface area contributed by atoms with Crippen molar-refractivity contribution in [3.63, 3.8) is 0 Å². The van der Waals surface area contributed by atoms with Gasteiger partial charge in [0.15, 0.2) is 0 Å². The number of anilines is 1. The SMILES string of the molecule is Cc1ccccc1CN(C(=O)CCCN(c1ccccc1)S(C)(=O)=O)[C@@H](Cc1ccccc1)C(=O)NC(C)C. The van der Waals surface area contributed by atoms with Crippen molar-refractivity contribution in [2.45, 2.75) is 58.7 Å². The number of nitrogens with one attached hydrogen (secondary N) is 1. The molecule has 0 aliphatic heterocycles. The van der Waals surface area contributed by atoms with Crippen LogP contribution in [0.1, 0.15) is 43.4 Å². The zero-order valence-corrected chi connectivity index (χ0v) is 24.0. The average molecular weight is 550 g/mol. The van der Waals surface area contributed by atoms with Crippen LogP contribution in [0.2, 0.25) is 0 Å². The minimum Gasteiger partial charge on any atom is -0.352 e.